The van der Waals surface area contributed by atoms with Crippen LogP contribution >= 0.6 is 11.3 Å². The second-order valence-corrected chi connectivity index (χ2v) is 7.63. The normalized spacial score (nSPS) is 11.9. The summed E-state index contributed by atoms with van der Waals surface area (Å²) in [6.07, 6.45) is 1.97. The van der Waals surface area contributed by atoms with Crippen molar-refractivity contribution in [2.75, 3.05) is 5.32 Å². The van der Waals surface area contributed by atoms with Gasteiger partial charge in [0.1, 0.15) is 17.7 Å². The highest BCUT2D eigenvalue weighted by Gasteiger charge is 2.24. The first kappa shape index (κ1) is 19.8. The number of carbonyl (C=O) groups excluding carboxylic acids is 2. The fraction of sp³-hybridized carbons (Fsp3) is 0.0909. The number of amides is 2. The van der Waals surface area contributed by atoms with Crippen molar-refractivity contribution in [3.05, 3.63) is 88.2 Å². The number of para-hydroxylation sites is 1. The van der Waals surface area contributed by atoms with Gasteiger partial charge in [-0.2, -0.15) is 0 Å². The Morgan fingerprint density at radius 1 is 1.07 bits per heavy atom. The summed E-state index contributed by atoms with van der Waals surface area (Å²) in [7, 11) is 0. The molecule has 0 radical (unpaired) electrons. The SMILES string of the molecule is O=C(NC(Cc1c[nH]c2ccccc12)C(=O)Nc1ccc(F)cc1F)c1cccs1. The van der Waals surface area contributed by atoms with Crippen molar-refractivity contribution in [2.45, 2.75) is 12.5 Å². The zero-order chi connectivity index (χ0) is 21.1. The number of rotatable bonds is 6. The molecule has 152 valence electrons. The molecule has 4 aromatic rings. The number of halogens is 2. The summed E-state index contributed by atoms with van der Waals surface area (Å²) in [6, 6.07) is 12.9. The van der Waals surface area contributed by atoms with Gasteiger partial charge in [-0.05, 0) is 35.2 Å². The highest BCUT2D eigenvalue weighted by molar-refractivity contribution is 7.12. The molecular weight excluding hydrogens is 408 g/mol. The van der Waals surface area contributed by atoms with Gasteiger partial charge in [0.15, 0.2) is 0 Å². The van der Waals surface area contributed by atoms with Crippen molar-refractivity contribution in [1.82, 2.24) is 10.3 Å². The van der Waals surface area contributed by atoms with Crippen molar-refractivity contribution in [3.63, 3.8) is 0 Å². The molecule has 8 heteroatoms. The van der Waals surface area contributed by atoms with Crippen LogP contribution in [0.4, 0.5) is 14.5 Å². The lowest BCUT2D eigenvalue weighted by atomic mass is 10.0. The van der Waals surface area contributed by atoms with Crippen LogP contribution < -0.4 is 10.6 Å². The number of hydrogen-bond acceptors (Lipinski definition) is 3. The predicted molar refractivity (Wildman–Crippen MR) is 113 cm³/mol. The summed E-state index contributed by atoms with van der Waals surface area (Å²) < 4.78 is 27.2. The first-order valence-corrected chi connectivity index (χ1v) is 10.0. The van der Waals surface area contributed by atoms with Crippen LogP contribution in [0.5, 0.6) is 0 Å². The Balaban J connectivity index is 1.60. The number of fused-ring (bicyclic) bond motifs is 1. The highest BCUT2D eigenvalue weighted by Crippen LogP contribution is 2.21. The van der Waals surface area contributed by atoms with Gasteiger partial charge in [-0.25, -0.2) is 8.78 Å². The summed E-state index contributed by atoms with van der Waals surface area (Å²) in [5, 5.41) is 7.85. The average molecular weight is 425 g/mol. The monoisotopic (exact) mass is 425 g/mol. The lowest BCUT2D eigenvalue weighted by Crippen LogP contribution is -2.45. The van der Waals surface area contributed by atoms with Crippen LogP contribution in [-0.2, 0) is 11.2 Å². The molecule has 5 nitrogen and oxygen atoms in total. The number of benzene rings is 2. The molecule has 2 heterocycles. The summed E-state index contributed by atoms with van der Waals surface area (Å²) in [4.78, 5) is 29.1. The van der Waals surface area contributed by atoms with Crippen molar-refractivity contribution in [1.29, 1.82) is 0 Å². The van der Waals surface area contributed by atoms with Gasteiger partial charge in [0.2, 0.25) is 5.91 Å². The largest absolute Gasteiger partial charge is 0.361 e. The Morgan fingerprint density at radius 2 is 1.90 bits per heavy atom. The molecule has 0 bridgehead atoms. The van der Waals surface area contributed by atoms with Crippen LogP contribution in [0.15, 0.2) is 66.2 Å². The first-order valence-electron chi connectivity index (χ1n) is 9.16. The number of hydrogen-bond donors (Lipinski definition) is 3. The number of anilines is 1. The maximum Gasteiger partial charge on any atom is 0.262 e. The molecule has 2 aromatic carbocycles. The van der Waals surface area contributed by atoms with Crippen molar-refractivity contribution in [2.24, 2.45) is 0 Å². The van der Waals surface area contributed by atoms with Gasteiger partial charge < -0.3 is 15.6 Å². The van der Waals surface area contributed by atoms with E-state index in [4.69, 9.17) is 0 Å². The van der Waals surface area contributed by atoms with Crippen LogP contribution in [0.1, 0.15) is 15.2 Å². The molecule has 0 aliphatic carbocycles. The number of aromatic nitrogens is 1. The lowest BCUT2D eigenvalue weighted by molar-refractivity contribution is -0.118. The number of H-pyrrole nitrogens is 1. The molecule has 0 aliphatic heterocycles. The van der Waals surface area contributed by atoms with E-state index in [0.29, 0.717) is 10.9 Å². The molecule has 0 saturated heterocycles. The maximum absolute atomic E-state index is 14.0. The molecule has 2 amide bonds. The Morgan fingerprint density at radius 3 is 2.67 bits per heavy atom. The molecule has 1 unspecified atom stereocenters. The fourth-order valence-corrected chi connectivity index (χ4v) is 3.80. The van der Waals surface area contributed by atoms with E-state index in [1.807, 2.05) is 24.3 Å². The third-order valence-corrected chi connectivity index (χ3v) is 5.52. The van der Waals surface area contributed by atoms with Crippen LogP contribution in [0.2, 0.25) is 0 Å². The Labute approximate surface area is 174 Å². The average Bonchev–Trinajstić information content (AvgIpc) is 3.40. The number of aromatic amines is 1. The first-order chi connectivity index (χ1) is 14.5. The molecule has 4 rings (SSSR count). The van der Waals surface area contributed by atoms with Gasteiger partial charge in [0.05, 0.1) is 10.6 Å². The molecule has 0 fully saturated rings. The zero-order valence-electron chi connectivity index (χ0n) is 15.6. The highest BCUT2D eigenvalue weighted by atomic mass is 32.1. The quantitative estimate of drug-likeness (QED) is 0.426. The van der Waals surface area contributed by atoms with Crippen LogP contribution in [0.3, 0.4) is 0 Å². The van der Waals surface area contributed by atoms with Gasteiger partial charge >= 0.3 is 0 Å². The van der Waals surface area contributed by atoms with Crippen LogP contribution in [0.25, 0.3) is 10.9 Å². The molecule has 2 aromatic heterocycles. The Hall–Kier alpha value is -3.52. The summed E-state index contributed by atoms with van der Waals surface area (Å²) in [5.74, 6) is -2.63. The third kappa shape index (κ3) is 4.23. The van der Waals surface area contributed by atoms with Crippen LogP contribution in [-0.4, -0.2) is 22.8 Å². The van der Waals surface area contributed by atoms with Gasteiger partial charge in [-0.1, -0.05) is 24.3 Å². The van der Waals surface area contributed by atoms with Gasteiger partial charge in [-0.3, -0.25) is 9.59 Å². The second-order valence-electron chi connectivity index (χ2n) is 6.68. The minimum atomic E-state index is -0.969. The molecule has 0 saturated carbocycles. The number of carbonyl (C=O) groups is 2. The van der Waals surface area contributed by atoms with Gasteiger partial charge in [0.25, 0.3) is 5.91 Å². The molecule has 0 spiro atoms. The summed E-state index contributed by atoms with van der Waals surface area (Å²) in [5.41, 5.74) is 1.58. The molecule has 30 heavy (non-hydrogen) atoms. The Bertz CT molecular complexity index is 1200. The van der Waals surface area contributed by atoms with E-state index < -0.39 is 29.5 Å². The van der Waals surface area contributed by atoms with E-state index >= 15 is 0 Å². The van der Waals surface area contributed by atoms with Crippen LogP contribution in [0, 0.1) is 11.6 Å². The van der Waals surface area contributed by atoms with E-state index in [1.165, 1.54) is 11.3 Å². The minimum Gasteiger partial charge on any atom is -0.361 e. The number of thiophene rings is 1. The van der Waals surface area contributed by atoms with Crippen molar-refractivity contribution >= 4 is 39.7 Å². The summed E-state index contributed by atoms with van der Waals surface area (Å²) in [6.45, 7) is 0. The van der Waals surface area contributed by atoms with Gasteiger partial charge in [-0.15, -0.1) is 11.3 Å². The van der Waals surface area contributed by atoms with E-state index in [1.54, 1.807) is 23.7 Å². The summed E-state index contributed by atoms with van der Waals surface area (Å²) >= 11 is 1.25. The van der Waals surface area contributed by atoms with E-state index in [-0.39, 0.29) is 12.1 Å². The Kier molecular flexibility index (Phi) is 5.58. The molecule has 0 aliphatic rings. The predicted octanol–water partition coefficient (Wildman–Crippen LogP) is 4.49. The van der Waals surface area contributed by atoms with E-state index in [2.05, 4.69) is 15.6 Å². The second kappa shape index (κ2) is 8.46. The zero-order valence-corrected chi connectivity index (χ0v) is 16.4. The maximum atomic E-state index is 14.0. The smallest absolute Gasteiger partial charge is 0.262 e. The standard InChI is InChI=1S/C22H17F2N3O2S/c23-14-7-8-18(16(24)11-14)26-21(28)19(27-22(29)20-6-3-9-30-20)10-13-12-25-17-5-2-1-4-15(13)17/h1-9,11-12,19,25H,10H2,(H,26,28)(H,27,29). The third-order valence-electron chi connectivity index (χ3n) is 4.65. The van der Waals surface area contributed by atoms with Gasteiger partial charge in [0, 0.05) is 29.6 Å². The molecular formula is C22H17F2N3O2S. The van der Waals surface area contributed by atoms with E-state index in [0.717, 1.165) is 28.6 Å². The minimum absolute atomic E-state index is 0.157. The molecule has 1 atom stereocenters. The number of nitrogens with one attached hydrogen (secondary N) is 3. The lowest BCUT2D eigenvalue weighted by Gasteiger charge is -2.18. The topological polar surface area (TPSA) is 74.0 Å². The van der Waals surface area contributed by atoms with Crippen molar-refractivity contribution in [3.8, 4) is 0 Å². The van der Waals surface area contributed by atoms with Crippen molar-refractivity contribution < 1.29 is 18.4 Å². The fourth-order valence-electron chi connectivity index (χ4n) is 3.18. The van der Waals surface area contributed by atoms with E-state index in [9.17, 15) is 18.4 Å². The molecule has 3 N–H and O–H groups in total.